The monoisotopic (exact) mass is 303 g/mol. The van der Waals surface area contributed by atoms with Crippen LogP contribution in [0.4, 0.5) is 0 Å². The van der Waals surface area contributed by atoms with Gasteiger partial charge in [0.25, 0.3) is 0 Å². The average molecular weight is 303 g/mol. The molecule has 0 radical (unpaired) electrons. The predicted octanol–water partition coefficient (Wildman–Crippen LogP) is 3.86. The van der Waals surface area contributed by atoms with Crippen molar-refractivity contribution in [2.75, 3.05) is 6.54 Å². The molecule has 0 saturated heterocycles. The van der Waals surface area contributed by atoms with Gasteiger partial charge in [-0.15, -0.1) is 0 Å². The van der Waals surface area contributed by atoms with Gasteiger partial charge in [0.15, 0.2) is 11.6 Å². The average Bonchev–Trinajstić information content (AvgIpc) is 2.63. The van der Waals surface area contributed by atoms with Gasteiger partial charge in [-0.25, -0.2) is 0 Å². The second kappa shape index (κ2) is 6.88. The number of nitrogens with zero attached hydrogens (tertiary/aromatic N) is 1. The smallest absolute Gasteiger partial charge is 0.190 e. The number of rotatable bonds is 5. The number of allylic oxidation sites excluding steroid dienone is 2. The fourth-order valence-electron chi connectivity index (χ4n) is 2.52. The zero-order valence-corrected chi connectivity index (χ0v) is 12.7. The molecule has 3 nitrogen and oxygen atoms in total. The maximum atomic E-state index is 12.5. The highest BCUT2D eigenvalue weighted by atomic mass is 16.1. The minimum atomic E-state index is 0.00658. The first-order valence-electron chi connectivity index (χ1n) is 7.55. The molecule has 0 unspecified atom stereocenters. The molecule has 0 aliphatic carbocycles. The van der Waals surface area contributed by atoms with E-state index in [-0.39, 0.29) is 18.1 Å². The van der Waals surface area contributed by atoms with Gasteiger partial charge < -0.3 is 4.90 Å². The van der Waals surface area contributed by atoms with Crippen LogP contribution < -0.4 is 0 Å². The second-order valence-corrected chi connectivity index (χ2v) is 5.40. The van der Waals surface area contributed by atoms with E-state index in [4.69, 9.17) is 0 Å². The number of benzene rings is 2. The lowest BCUT2D eigenvalue weighted by Gasteiger charge is -2.20. The van der Waals surface area contributed by atoms with Crippen molar-refractivity contribution in [1.29, 1.82) is 0 Å². The maximum Gasteiger partial charge on any atom is 0.190 e. The molecule has 0 aromatic heterocycles. The number of carbonyl (C=O) groups excluding carboxylic acids is 2. The zero-order valence-electron chi connectivity index (χ0n) is 12.7. The molecule has 1 aliphatic rings. The van der Waals surface area contributed by atoms with Crippen LogP contribution >= 0.6 is 0 Å². The molecule has 0 amide bonds. The van der Waals surface area contributed by atoms with Crippen molar-refractivity contribution in [2.45, 2.75) is 6.42 Å². The van der Waals surface area contributed by atoms with E-state index in [1.165, 1.54) is 0 Å². The highest BCUT2D eigenvalue weighted by Gasteiger charge is 2.16. The van der Waals surface area contributed by atoms with Crippen molar-refractivity contribution >= 4 is 11.6 Å². The molecule has 1 aliphatic heterocycles. The minimum Gasteiger partial charge on any atom is -0.346 e. The summed E-state index contributed by atoms with van der Waals surface area (Å²) in [4.78, 5) is 26.5. The second-order valence-electron chi connectivity index (χ2n) is 5.40. The number of hydrogen-bond acceptors (Lipinski definition) is 3. The van der Waals surface area contributed by atoms with Crippen molar-refractivity contribution in [3.8, 4) is 0 Å². The van der Waals surface area contributed by atoms with Gasteiger partial charge >= 0.3 is 0 Å². The molecule has 0 bridgehead atoms. The van der Waals surface area contributed by atoms with Gasteiger partial charge in [-0.3, -0.25) is 9.59 Å². The Balaban J connectivity index is 1.73. The number of carbonyl (C=O) groups is 2. The van der Waals surface area contributed by atoms with Crippen LogP contribution in [0, 0.1) is 0 Å². The van der Waals surface area contributed by atoms with Crippen molar-refractivity contribution in [3.63, 3.8) is 0 Å². The van der Waals surface area contributed by atoms with Gasteiger partial charge in [0.1, 0.15) is 0 Å². The summed E-state index contributed by atoms with van der Waals surface area (Å²) in [5.41, 5.74) is 2.04. The predicted molar refractivity (Wildman–Crippen MR) is 90.1 cm³/mol. The van der Waals surface area contributed by atoms with E-state index in [2.05, 4.69) is 0 Å². The van der Waals surface area contributed by atoms with Crippen LogP contribution in [0.25, 0.3) is 0 Å². The topological polar surface area (TPSA) is 37.4 Å². The molecule has 2 aromatic rings. The molecule has 2 aromatic carbocycles. The quantitative estimate of drug-likeness (QED) is 0.787. The third kappa shape index (κ3) is 3.64. The summed E-state index contributed by atoms with van der Waals surface area (Å²) in [5, 5.41) is 0. The molecule has 0 saturated carbocycles. The lowest BCUT2D eigenvalue weighted by Crippen LogP contribution is -2.23. The fraction of sp³-hybridized carbons (Fsp3) is 0.100. The van der Waals surface area contributed by atoms with Crippen molar-refractivity contribution in [1.82, 2.24) is 4.90 Å². The number of ketones is 2. The third-order valence-electron chi connectivity index (χ3n) is 3.71. The summed E-state index contributed by atoms with van der Waals surface area (Å²) in [6.45, 7) is 0.228. The normalized spacial score (nSPS) is 13.6. The molecule has 0 spiro atoms. The Labute approximate surface area is 135 Å². The van der Waals surface area contributed by atoms with Crippen LogP contribution in [0.1, 0.15) is 27.1 Å². The van der Waals surface area contributed by atoms with Crippen LogP contribution in [-0.2, 0) is 0 Å². The molecular formula is C20H17NO2. The first-order valence-corrected chi connectivity index (χ1v) is 7.55. The van der Waals surface area contributed by atoms with Crippen LogP contribution in [0.5, 0.6) is 0 Å². The summed E-state index contributed by atoms with van der Waals surface area (Å²) < 4.78 is 0. The molecular weight excluding hydrogens is 286 g/mol. The molecule has 0 fully saturated rings. The van der Waals surface area contributed by atoms with Crippen LogP contribution in [0.3, 0.4) is 0 Å². The Morgan fingerprint density at radius 2 is 1.48 bits per heavy atom. The first kappa shape index (κ1) is 15.0. The van der Waals surface area contributed by atoms with E-state index in [1.54, 1.807) is 35.4 Å². The highest BCUT2D eigenvalue weighted by molar-refractivity contribution is 6.09. The summed E-state index contributed by atoms with van der Waals surface area (Å²) >= 11 is 0. The van der Waals surface area contributed by atoms with E-state index in [9.17, 15) is 9.59 Å². The van der Waals surface area contributed by atoms with Gasteiger partial charge in [0, 0.05) is 29.1 Å². The maximum absolute atomic E-state index is 12.5. The van der Waals surface area contributed by atoms with E-state index in [0.717, 1.165) is 0 Å². The molecule has 114 valence electrons. The Bertz CT molecular complexity index is 761. The van der Waals surface area contributed by atoms with E-state index in [0.29, 0.717) is 23.1 Å². The summed E-state index contributed by atoms with van der Waals surface area (Å²) in [5.74, 6) is 0.0343. The number of Topliss-reactive ketones (excluding diaryl/α,β-unsaturated/α-hetero) is 2. The number of hydrogen-bond donors (Lipinski definition) is 0. The van der Waals surface area contributed by atoms with Gasteiger partial charge in [-0.05, 0) is 6.42 Å². The fourth-order valence-corrected chi connectivity index (χ4v) is 2.52. The first-order chi connectivity index (χ1) is 11.2. The van der Waals surface area contributed by atoms with E-state index in [1.807, 2.05) is 48.7 Å². The Hall–Kier alpha value is -2.94. The Morgan fingerprint density at radius 3 is 2.13 bits per heavy atom. The Morgan fingerprint density at radius 1 is 0.870 bits per heavy atom. The van der Waals surface area contributed by atoms with Gasteiger partial charge in [-0.1, -0.05) is 66.7 Å². The van der Waals surface area contributed by atoms with Crippen LogP contribution in [-0.4, -0.2) is 23.0 Å². The lowest BCUT2D eigenvalue weighted by molar-refractivity contribution is 0.0963. The van der Waals surface area contributed by atoms with Crippen molar-refractivity contribution in [2.24, 2.45) is 0 Å². The zero-order chi connectivity index (χ0) is 16.1. The molecule has 0 N–H and O–H groups in total. The summed E-state index contributed by atoms with van der Waals surface area (Å²) in [7, 11) is 0. The molecule has 3 rings (SSSR count). The largest absolute Gasteiger partial charge is 0.346 e. The minimum absolute atomic E-state index is 0.00658. The molecule has 0 atom stereocenters. The van der Waals surface area contributed by atoms with Gasteiger partial charge in [0.2, 0.25) is 0 Å². The molecule has 3 heteroatoms. The summed E-state index contributed by atoms with van der Waals surface area (Å²) in [6.07, 6.45) is 6.12. The SMILES string of the molecule is O=C(CN1C=CCC(C(=O)c2ccccc2)=C1)c1ccccc1. The van der Waals surface area contributed by atoms with E-state index >= 15 is 0 Å². The third-order valence-corrected chi connectivity index (χ3v) is 3.71. The van der Waals surface area contributed by atoms with Crippen LogP contribution in [0.15, 0.2) is 84.7 Å². The molecule has 23 heavy (non-hydrogen) atoms. The van der Waals surface area contributed by atoms with Crippen molar-refractivity contribution < 1.29 is 9.59 Å². The lowest BCUT2D eigenvalue weighted by atomic mass is 10.00. The van der Waals surface area contributed by atoms with Crippen LogP contribution in [0.2, 0.25) is 0 Å². The standard InChI is InChI=1S/C20H17NO2/c22-19(16-8-3-1-4-9-16)15-21-13-7-12-18(14-21)20(23)17-10-5-2-6-11-17/h1-11,13-14H,12,15H2. The van der Waals surface area contributed by atoms with E-state index < -0.39 is 0 Å². The van der Waals surface area contributed by atoms with Crippen molar-refractivity contribution in [3.05, 3.63) is 95.8 Å². The highest BCUT2D eigenvalue weighted by Crippen LogP contribution is 2.18. The molecule has 1 heterocycles. The van der Waals surface area contributed by atoms with Gasteiger partial charge in [-0.2, -0.15) is 0 Å². The Kier molecular flexibility index (Phi) is 4.48. The summed E-state index contributed by atoms with van der Waals surface area (Å²) in [6, 6.07) is 18.4. The van der Waals surface area contributed by atoms with Gasteiger partial charge in [0.05, 0.1) is 6.54 Å².